The number of hydrogen-bond donors (Lipinski definition) is 1. The summed E-state index contributed by atoms with van der Waals surface area (Å²) < 4.78 is 0. The summed E-state index contributed by atoms with van der Waals surface area (Å²) in [6, 6.07) is 41.8. The van der Waals surface area contributed by atoms with Crippen LogP contribution in [-0.4, -0.2) is 4.86 Å². The van der Waals surface area contributed by atoms with Crippen LogP contribution in [0.4, 0.5) is 0 Å². The van der Waals surface area contributed by atoms with Crippen LogP contribution in [0.3, 0.4) is 0 Å². The first-order valence-corrected chi connectivity index (χ1v) is 10.5. The lowest BCUT2D eigenvalue weighted by Gasteiger charge is -2.38. The molecule has 140 valence electrons. The van der Waals surface area contributed by atoms with Gasteiger partial charge in [0.15, 0.2) is 0 Å². The van der Waals surface area contributed by atoms with Crippen LogP contribution in [0.25, 0.3) is 0 Å². The molecular weight excluding hydrogens is 370 g/mol. The third-order valence-corrected chi connectivity index (χ3v) is 6.10. The lowest BCUT2D eigenvalue weighted by Crippen LogP contribution is -2.38. The second kappa shape index (κ2) is 8.73. The first-order valence-electron chi connectivity index (χ1n) is 9.56. The van der Waals surface area contributed by atoms with Gasteiger partial charge in [0.05, 0.1) is 5.41 Å². The second-order valence-corrected chi connectivity index (χ2v) is 7.65. The lowest BCUT2D eigenvalue weighted by molar-refractivity contribution is 0.841. The van der Waals surface area contributed by atoms with Crippen molar-refractivity contribution < 1.29 is 0 Å². The van der Waals surface area contributed by atoms with Gasteiger partial charge in [-0.15, -0.1) is 0 Å². The molecule has 0 aromatic heterocycles. The van der Waals surface area contributed by atoms with E-state index in [1.165, 1.54) is 0 Å². The van der Waals surface area contributed by atoms with Gasteiger partial charge in [0, 0.05) is 4.86 Å². The van der Waals surface area contributed by atoms with Crippen LogP contribution in [0.2, 0.25) is 0 Å². The fourth-order valence-corrected chi connectivity index (χ4v) is 4.92. The maximum atomic E-state index is 9.82. The highest BCUT2D eigenvalue weighted by molar-refractivity contribution is 8.03. The van der Waals surface area contributed by atoms with E-state index in [-0.39, 0.29) is 0 Å². The molecule has 0 aliphatic heterocycles. The summed E-state index contributed by atoms with van der Waals surface area (Å²) in [6.07, 6.45) is 0. The van der Waals surface area contributed by atoms with Crippen LogP contribution in [0.15, 0.2) is 121 Å². The number of nitrogens with zero attached hydrogens (tertiary/aromatic N) is 1. The monoisotopic (exact) mass is 391 g/mol. The fourth-order valence-electron chi connectivity index (χ4n) is 3.99. The summed E-state index contributed by atoms with van der Waals surface area (Å²) in [5.41, 5.74) is 3.96. The predicted octanol–water partition coefficient (Wildman–Crippen LogP) is 6.19. The molecule has 0 bridgehead atoms. The number of thiol groups is 1. The van der Waals surface area contributed by atoms with Gasteiger partial charge >= 0.3 is 0 Å². The number of nitriles is 1. The van der Waals surface area contributed by atoms with E-state index in [4.69, 9.17) is 0 Å². The first kappa shape index (κ1) is 18.9. The zero-order valence-corrected chi connectivity index (χ0v) is 16.8. The Morgan fingerprint density at radius 3 is 1.24 bits per heavy atom. The minimum Gasteiger partial charge on any atom is -0.186 e. The molecule has 0 heterocycles. The molecule has 0 unspecified atom stereocenters. The molecule has 2 heteroatoms. The fraction of sp³-hybridized carbons (Fsp3) is 0.0370. The quantitative estimate of drug-likeness (QED) is 0.142. The SMILES string of the molecule is N#C[SH]=C(c1ccccc1)C(c1ccccc1)(c1ccccc1)c1ccccc1. The Kier molecular flexibility index (Phi) is 5.70. The minimum atomic E-state index is -0.567. The summed E-state index contributed by atoms with van der Waals surface area (Å²) in [7, 11) is 0. The van der Waals surface area contributed by atoms with Crippen molar-refractivity contribution in [3.05, 3.63) is 144 Å². The predicted molar refractivity (Wildman–Crippen MR) is 124 cm³/mol. The molecular formula is C27H21NS. The molecule has 0 saturated heterocycles. The zero-order chi connectivity index (χ0) is 19.9. The van der Waals surface area contributed by atoms with Crippen molar-refractivity contribution in [1.29, 1.82) is 5.26 Å². The van der Waals surface area contributed by atoms with Crippen LogP contribution in [-0.2, 0) is 5.41 Å². The molecule has 0 atom stereocenters. The van der Waals surface area contributed by atoms with Crippen molar-refractivity contribution in [2.75, 3.05) is 0 Å². The van der Waals surface area contributed by atoms with E-state index in [2.05, 4.69) is 90.3 Å². The van der Waals surface area contributed by atoms with E-state index in [0.717, 1.165) is 27.1 Å². The maximum Gasteiger partial charge on any atom is 0.124 e. The summed E-state index contributed by atoms with van der Waals surface area (Å²) in [4.78, 5) is 1.06. The van der Waals surface area contributed by atoms with Gasteiger partial charge in [-0.1, -0.05) is 133 Å². The summed E-state index contributed by atoms with van der Waals surface area (Å²) in [6.45, 7) is 0. The Balaban J connectivity index is 2.17. The third kappa shape index (κ3) is 3.53. The molecule has 0 spiro atoms. The number of benzene rings is 4. The van der Waals surface area contributed by atoms with Crippen molar-refractivity contribution in [2.45, 2.75) is 5.41 Å². The highest BCUT2D eigenvalue weighted by Gasteiger charge is 2.40. The number of rotatable bonds is 5. The van der Waals surface area contributed by atoms with Crippen LogP contribution in [0.5, 0.6) is 0 Å². The second-order valence-electron chi connectivity index (χ2n) is 6.77. The van der Waals surface area contributed by atoms with E-state index in [1.54, 1.807) is 0 Å². The topological polar surface area (TPSA) is 23.8 Å². The van der Waals surface area contributed by atoms with Gasteiger partial charge in [-0.05, 0) is 22.3 Å². The number of thiocyanates is 1. The van der Waals surface area contributed by atoms with Crippen LogP contribution in [0, 0.1) is 10.7 Å². The molecule has 0 aliphatic carbocycles. The Morgan fingerprint density at radius 1 is 0.552 bits per heavy atom. The normalized spacial score (nSPS) is 11.9. The van der Waals surface area contributed by atoms with Gasteiger partial charge < -0.3 is 0 Å². The molecule has 0 saturated carbocycles. The van der Waals surface area contributed by atoms with Crippen LogP contribution < -0.4 is 0 Å². The average Bonchev–Trinajstić information content (AvgIpc) is 2.82. The molecule has 4 aromatic rings. The van der Waals surface area contributed by atoms with Gasteiger partial charge in [0.25, 0.3) is 0 Å². The van der Waals surface area contributed by atoms with Gasteiger partial charge in [0.1, 0.15) is 5.40 Å². The highest BCUT2D eigenvalue weighted by atomic mass is 32.1. The van der Waals surface area contributed by atoms with E-state index in [0.29, 0.717) is 11.4 Å². The maximum absolute atomic E-state index is 9.82. The van der Waals surface area contributed by atoms with Crippen LogP contribution >= 0.6 is 11.4 Å². The van der Waals surface area contributed by atoms with Crippen molar-refractivity contribution in [1.82, 2.24) is 0 Å². The van der Waals surface area contributed by atoms with E-state index >= 15 is 0 Å². The van der Waals surface area contributed by atoms with Crippen molar-refractivity contribution in [2.24, 2.45) is 0 Å². The molecule has 0 radical (unpaired) electrons. The van der Waals surface area contributed by atoms with Crippen molar-refractivity contribution in [3.63, 3.8) is 0 Å². The van der Waals surface area contributed by atoms with Gasteiger partial charge in [-0.3, -0.25) is 0 Å². The van der Waals surface area contributed by atoms with Gasteiger partial charge in [0.2, 0.25) is 0 Å². The summed E-state index contributed by atoms with van der Waals surface area (Å²) in [5.74, 6) is 0. The molecule has 0 N–H and O–H groups in total. The Labute approximate surface area is 175 Å². The molecule has 0 fully saturated rings. The summed E-state index contributed by atoms with van der Waals surface area (Å²) in [5, 5.41) is 12.2. The van der Waals surface area contributed by atoms with E-state index in [9.17, 15) is 5.26 Å². The molecule has 1 nitrogen and oxygen atoms in total. The lowest BCUT2D eigenvalue weighted by atomic mass is 9.66. The van der Waals surface area contributed by atoms with E-state index in [1.807, 2.05) is 36.4 Å². The van der Waals surface area contributed by atoms with Crippen LogP contribution in [0.1, 0.15) is 22.3 Å². The molecule has 0 amide bonds. The largest absolute Gasteiger partial charge is 0.186 e. The molecule has 4 aromatic carbocycles. The standard InChI is InChI=1S/C27H21NS/c28-21-29-26(22-13-5-1-6-14-22)27(23-15-7-2-8-16-23,24-17-9-3-10-18-24)25-19-11-4-12-20-25/h1-20,29H. The minimum absolute atomic E-state index is 0.567. The molecule has 4 rings (SSSR count). The zero-order valence-electron chi connectivity index (χ0n) is 15.9. The Hall–Kier alpha value is -3.41. The van der Waals surface area contributed by atoms with E-state index < -0.39 is 5.41 Å². The van der Waals surface area contributed by atoms with Crippen molar-refractivity contribution >= 4 is 16.2 Å². The molecule has 29 heavy (non-hydrogen) atoms. The van der Waals surface area contributed by atoms with Crippen molar-refractivity contribution in [3.8, 4) is 5.40 Å². The highest BCUT2D eigenvalue weighted by Crippen LogP contribution is 2.43. The average molecular weight is 392 g/mol. The summed E-state index contributed by atoms with van der Waals surface area (Å²) >= 11 is 0.638. The van der Waals surface area contributed by atoms with Gasteiger partial charge in [-0.25, -0.2) is 0 Å². The third-order valence-electron chi connectivity index (χ3n) is 5.18. The number of hydrogen-bond acceptors (Lipinski definition) is 1. The Morgan fingerprint density at radius 2 is 0.897 bits per heavy atom. The molecule has 0 aliphatic rings. The Bertz CT molecular complexity index is 1030. The smallest absolute Gasteiger partial charge is 0.124 e. The first-order chi connectivity index (χ1) is 14.4. The van der Waals surface area contributed by atoms with Gasteiger partial charge in [-0.2, -0.15) is 5.26 Å².